The number of anilines is 1. The molecule has 1 amide bonds. The molecule has 8 nitrogen and oxygen atoms in total. The van der Waals surface area contributed by atoms with Crippen LogP contribution in [0.15, 0.2) is 29.4 Å². The molecule has 1 atom stereocenters. The van der Waals surface area contributed by atoms with Gasteiger partial charge < -0.3 is 14.3 Å². The summed E-state index contributed by atoms with van der Waals surface area (Å²) in [5, 5.41) is 3.39. The maximum absolute atomic E-state index is 11.5. The molecule has 128 valence electrons. The molecule has 0 N–H and O–H groups in total. The predicted molar refractivity (Wildman–Crippen MR) is 83.4 cm³/mol. The van der Waals surface area contributed by atoms with Gasteiger partial charge in [-0.25, -0.2) is 4.79 Å². The topological polar surface area (TPSA) is 105 Å². The standard InChI is InChI=1S/C10H9N4O2.C5H9O2.W/c11-13-12-6-9-7-14(10(15)16-9)8-4-2-1-3-5-8;1-5(2,3)7-4-6;/h2-5,9H,6-7H2;1-3H3;/q2*-1;+2/t9-;;/m0../s1. The third-order valence-corrected chi connectivity index (χ3v) is 2.58. The van der Waals surface area contributed by atoms with Gasteiger partial charge in [-0.3, -0.25) is 4.90 Å². The molecule has 0 saturated carbocycles. The van der Waals surface area contributed by atoms with Crippen molar-refractivity contribution in [1.82, 2.24) is 0 Å². The van der Waals surface area contributed by atoms with Crippen LogP contribution in [-0.4, -0.2) is 37.4 Å². The molecule has 1 heterocycles. The summed E-state index contributed by atoms with van der Waals surface area (Å²) in [4.78, 5) is 25.1. The van der Waals surface area contributed by atoms with Crippen molar-refractivity contribution in [2.75, 3.05) is 18.0 Å². The van der Waals surface area contributed by atoms with E-state index in [4.69, 9.17) is 10.3 Å². The molecule has 0 aliphatic carbocycles. The van der Waals surface area contributed by atoms with Crippen molar-refractivity contribution < 1.29 is 40.1 Å². The average molecular weight is 502 g/mol. The van der Waals surface area contributed by atoms with E-state index in [0.29, 0.717) is 6.54 Å². The average Bonchev–Trinajstić information content (AvgIpc) is 2.86. The van der Waals surface area contributed by atoms with E-state index in [-0.39, 0.29) is 39.3 Å². The van der Waals surface area contributed by atoms with Crippen LogP contribution in [0, 0.1) is 6.07 Å². The van der Waals surface area contributed by atoms with E-state index in [1.165, 1.54) is 11.4 Å². The molecule has 1 saturated heterocycles. The van der Waals surface area contributed by atoms with Crippen LogP contribution in [0.2, 0.25) is 0 Å². The molecule has 9 heteroatoms. The van der Waals surface area contributed by atoms with Crippen LogP contribution in [0.25, 0.3) is 10.4 Å². The Morgan fingerprint density at radius 1 is 1.50 bits per heavy atom. The number of benzene rings is 1. The van der Waals surface area contributed by atoms with Gasteiger partial charge in [-0.1, -0.05) is 17.3 Å². The van der Waals surface area contributed by atoms with Crippen molar-refractivity contribution in [3.63, 3.8) is 0 Å². The molecule has 1 aliphatic heterocycles. The van der Waals surface area contributed by atoms with Crippen molar-refractivity contribution in [3.05, 3.63) is 40.8 Å². The quantitative estimate of drug-likeness (QED) is 0.273. The molecule has 0 spiro atoms. The number of ether oxygens (including phenoxy) is 2. The first-order chi connectivity index (χ1) is 10.9. The van der Waals surface area contributed by atoms with Gasteiger partial charge in [0.25, 0.3) is 0 Å². The van der Waals surface area contributed by atoms with Crippen LogP contribution in [0.5, 0.6) is 0 Å². The Morgan fingerprint density at radius 2 is 2.12 bits per heavy atom. The summed E-state index contributed by atoms with van der Waals surface area (Å²) >= 11 is 0. The number of hydrogen-bond acceptors (Lipinski definition) is 5. The fourth-order valence-corrected chi connectivity index (χ4v) is 1.64. The van der Waals surface area contributed by atoms with Crippen molar-refractivity contribution >= 4 is 18.3 Å². The predicted octanol–water partition coefficient (Wildman–Crippen LogP) is 2.99. The molecule has 2 rings (SSSR count). The monoisotopic (exact) mass is 502 g/mol. The Balaban J connectivity index is 0.000000570. The van der Waals surface area contributed by atoms with Gasteiger partial charge in [0.2, 0.25) is 0 Å². The summed E-state index contributed by atoms with van der Waals surface area (Å²) < 4.78 is 9.47. The van der Waals surface area contributed by atoms with Crippen LogP contribution in [0.3, 0.4) is 0 Å². The normalized spacial score (nSPS) is 15.9. The van der Waals surface area contributed by atoms with Gasteiger partial charge >= 0.3 is 27.2 Å². The van der Waals surface area contributed by atoms with E-state index in [9.17, 15) is 9.59 Å². The molecule has 24 heavy (non-hydrogen) atoms. The number of carbonyl (C=O) groups excluding carboxylic acids is 2. The zero-order valence-corrected chi connectivity index (χ0v) is 16.6. The Hall–Kier alpha value is -2.04. The number of cyclic esters (lactones) is 1. The van der Waals surface area contributed by atoms with E-state index >= 15 is 0 Å². The molecule has 1 aromatic carbocycles. The Labute approximate surface area is 155 Å². The van der Waals surface area contributed by atoms with Gasteiger partial charge in [0, 0.05) is 4.91 Å². The molecule has 0 unspecified atom stereocenters. The Kier molecular flexibility index (Phi) is 9.77. The van der Waals surface area contributed by atoms with Crippen molar-refractivity contribution in [1.29, 1.82) is 0 Å². The van der Waals surface area contributed by atoms with Crippen LogP contribution in [-0.2, 0) is 35.3 Å². The minimum absolute atomic E-state index is 0. The number of hydrogen-bond donors (Lipinski definition) is 0. The third-order valence-electron chi connectivity index (χ3n) is 2.58. The van der Waals surface area contributed by atoms with Crippen LogP contribution in [0.4, 0.5) is 10.5 Å². The molecule has 0 aromatic heterocycles. The van der Waals surface area contributed by atoms with Crippen LogP contribution < -0.4 is 4.90 Å². The minimum Gasteiger partial charge on any atom is -0.649 e. The molecule has 1 fully saturated rings. The summed E-state index contributed by atoms with van der Waals surface area (Å²) in [6.07, 6.45) is -0.781. The second-order valence-corrected chi connectivity index (χ2v) is 5.59. The maximum Gasteiger partial charge on any atom is 2.00 e. The summed E-state index contributed by atoms with van der Waals surface area (Å²) in [5.41, 5.74) is 8.56. The number of rotatable bonds is 4. The van der Waals surface area contributed by atoms with Gasteiger partial charge in [-0.2, -0.15) is 18.2 Å². The van der Waals surface area contributed by atoms with Crippen molar-refractivity contribution in [3.8, 4) is 0 Å². The smallest absolute Gasteiger partial charge is 0.649 e. The van der Waals surface area contributed by atoms with Crippen molar-refractivity contribution in [2.24, 2.45) is 5.11 Å². The summed E-state index contributed by atoms with van der Waals surface area (Å²) in [7, 11) is 0. The zero-order chi connectivity index (χ0) is 17.3. The molecule has 1 aliphatic rings. The van der Waals surface area contributed by atoms with E-state index in [2.05, 4.69) is 20.8 Å². The van der Waals surface area contributed by atoms with Gasteiger partial charge in [-0.05, 0) is 26.3 Å². The van der Waals surface area contributed by atoms with Crippen LogP contribution >= 0.6 is 0 Å². The second-order valence-electron chi connectivity index (χ2n) is 5.59. The van der Waals surface area contributed by atoms with Gasteiger partial charge in [-0.15, -0.1) is 12.1 Å². The summed E-state index contributed by atoms with van der Waals surface area (Å²) in [6.45, 7) is 7.30. The van der Waals surface area contributed by atoms with E-state index < -0.39 is 6.09 Å². The third kappa shape index (κ3) is 7.99. The fourth-order valence-electron chi connectivity index (χ4n) is 1.64. The fraction of sp³-hybridized carbons (Fsp3) is 0.467. The van der Waals surface area contributed by atoms with Gasteiger partial charge in [0.05, 0.1) is 18.7 Å². The zero-order valence-electron chi connectivity index (χ0n) is 13.6. The number of amides is 1. The second kappa shape index (κ2) is 10.7. The first-order valence-corrected chi connectivity index (χ1v) is 6.87. The largest absolute Gasteiger partial charge is 2.00 e. The minimum atomic E-state index is -0.413. The summed E-state index contributed by atoms with van der Waals surface area (Å²) in [5.74, 6) is 0. The molecule has 1 aromatic rings. The van der Waals surface area contributed by atoms with E-state index in [1.54, 1.807) is 45.0 Å². The van der Waals surface area contributed by atoms with E-state index in [1.807, 2.05) is 0 Å². The first-order valence-electron chi connectivity index (χ1n) is 6.87. The number of carbonyl (C=O) groups is 1. The Morgan fingerprint density at radius 3 is 2.58 bits per heavy atom. The van der Waals surface area contributed by atoms with Gasteiger partial charge in [0.1, 0.15) is 6.10 Å². The number of azide groups is 1. The Bertz CT molecular complexity index is 571. The molecule has 0 radical (unpaired) electrons. The maximum atomic E-state index is 11.5. The first kappa shape index (κ1) is 22.0. The van der Waals surface area contributed by atoms with Gasteiger partial charge in [0.15, 0.2) is 0 Å². The van der Waals surface area contributed by atoms with E-state index in [0.717, 1.165) is 5.69 Å². The number of nitrogens with zero attached hydrogens (tertiary/aromatic N) is 4. The van der Waals surface area contributed by atoms with Crippen molar-refractivity contribution in [2.45, 2.75) is 32.5 Å². The molecule has 0 bridgehead atoms. The SMILES string of the molecule is CC(C)(C)O[C-]=O.[N-]=[N+]=NC[C@H]1CN(c2cc[c-]cc2)C(=O)O1.[W+2]. The van der Waals surface area contributed by atoms with Crippen LogP contribution in [0.1, 0.15) is 20.8 Å². The summed E-state index contributed by atoms with van der Waals surface area (Å²) in [6, 6.07) is 9.87. The molecular formula is C15H18N4O4W. The molecular weight excluding hydrogens is 484 g/mol.